The summed E-state index contributed by atoms with van der Waals surface area (Å²) in [6, 6.07) is 13.5. The van der Waals surface area contributed by atoms with Gasteiger partial charge in [0.1, 0.15) is 11.4 Å². The Bertz CT molecular complexity index is 1480. The highest BCUT2D eigenvalue weighted by Crippen LogP contribution is 2.41. The third-order valence-electron chi connectivity index (χ3n) is 5.40. The van der Waals surface area contributed by atoms with Gasteiger partial charge in [0, 0.05) is 22.8 Å². The van der Waals surface area contributed by atoms with Crippen molar-refractivity contribution < 1.29 is 14.1 Å². The minimum absolute atomic E-state index is 0.0588. The molecule has 0 unspecified atom stereocenters. The summed E-state index contributed by atoms with van der Waals surface area (Å²) < 4.78 is 6.60. The number of aryl methyl sites for hydroxylation is 1. The minimum Gasteiger partial charge on any atom is -0.450 e. The molecule has 0 spiro atoms. The van der Waals surface area contributed by atoms with Crippen molar-refractivity contribution in [3.05, 3.63) is 108 Å². The first kappa shape index (κ1) is 20.1. The van der Waals surface area contributed by atoms with Crippen LogP contribution in [0.15, 0.2) is 74.5 Å². The molecule has 0 fully saturated rings. The molecule has 3 heterocycles. The summed E-state index contributed by atoms with van der Waals surface area (Å²) in [5, 5.41) is 11.4. The number of aromatic nitrogens is 1. The van der Waals surface area contributed by atoms with Gasteiger partial charge in [-0.15, -0.1) is 0 Å². The Hall–Kier alpha value is -3.85. The molecule has 0 aliphatic carbocycles. The van der Waals surface area contributed by atoms with Crippen molar-refractivity contribution in [2.75, 3.05) is 4.90 Å². The Morgan fingerprint density at radius 2 is 1.84 bits per heavy atom. The fourth-order valence-electron chi connectivity index (χ4n) is 3.93. The summed E-state index contributed by atoms with van der Waals surface area (Å²) in [4.78, 5) is 43.3. The highest BCUT2D eigenvalue weighted by Gasteiger charge is 2.44. The number of carbonyl (C=O) groups is 1. The van der Waals surface area contributed by atoms with E-state index in [0.29, 0.717) is 26.8 Å². The van der Waals surface area contributed by atoms with E-state index >= 15 is 0 Å². The van der Waals surface area contributed by atoms with Crippen LogP contribution in [0.3, 0.4) is 0 Å². The molecule has 9 heteroatoms. The van der Waals surface area contributed by atoms with Crippen LogP contribution >= 0.6 is 15.9 Å². The van der Waals surface area contributed by atoms with E-state index in [1.807, 2.05) is 6.92 Å². The molecule has 1 aliphatic rings. The van der Waals surface area contributed by atoms with Crippen molar-refractivity contribution in [2.45, 2.75) is 13.0 Å². The SMILES string of the molecule is Cc1ccnc(N2C(=O)c3oc4ccc(Br)cc4c(=O)c3[C@H]2c2ccc([N+](=O)[O-])cc2)c1. The van der Waals surface area contributed by atoms with Crippen molar-refractivity contribution in [2.24, 2.45) is 0 Å². The number of anilines is 1. The number of nitro benzene ring substituents is 1. The lowest BCUT2D eigenvalue weighted by atomic mass is 9.98. The molecule has 0 N–H and O–H groups in total. The smallest absolute Gasteiger partial charge is 0.296 e. The Labute approximate surface area is 189 Å². The zero-order chi connectivity index (χ0) is 22.6. The highest BCUT2D eigenvalue weighted by atomic mass is 79.9. The first-order valence-electron chi connectivity index (χ1n) is 9.62. The fourth-order valence-corrected chi connectivity index (χ4v) is 4.29. The quantitative estimate of drug-likeness (QED) is 0.297. The van der Waals surface area contributed by atoms with E-state index in [9.17, 15) is 19.7 Å². The van der Waals surface area contributed by atoms with E-state index in [0.717, 1.165) is 5.56 Å². The van der Waals surface area contributed by atoms with E-state index < -0.39 is 16.9 Å². The molecule has 0 bridgehead atoms. The third-order valence-corrected chi connectivity index (χ3v) is 5.89. The van der Waals surface area contributed by atoms with Gasteiger partial charge in [-0.2, -0.15) is 0 Å². The molecule has 1 amide bonds. The zero-order valence-electron chi connectivity index (χ0n) is 16.6. The molecular formula is C23H14BrN3O5. The van der Waals surface area contributed by atoms with Crippen molar-refractivity contribution in [3.63, 3.8) is 0 Å². The van der Waals surface area contributed by atoms with Crippen LogP contribution in [0.1, 0.15) is 33.3 Å². The van der Waals surface area contributed by atoms with Gasteiger partial charge in [-0.05, 0) is 60.5 Å². The van der Waals surface area contributed by atoms with Gasteiger partial charge >= 0.3 is 0 Å². The van der Waals surface area contributed by atoms with Gasteiger partial charge in [0.2, 0.25) is 5.76 Å². The summed E-state index contributed by atoms with van der Waals surface area (Å²) in [6.45, 7) is 1.87. The molecule has 158 valence electrons. The van der Waals surface area contributed by atoms with Gasteiger partial charge in [-0.3, -0.25) is 24.6 Å². The average Bonchev–Trinajstić information content (AvgIpc) is 3.07. The van der Waals surface area contributed by atoms with Crippen LogP contribution in [-0.4, -0.2) is 15.8 Å². The number of amides is 1. The number of hydrogen-bond donors (Lipinski definition) is 0. The fraction of sp³-hybridized carbons (Fsp3) is 0.0870. The van der Waals surface area contributed by atoms with Crippen LogP contribution in [-0.2, 0) is 0 Å². The summed E-state index contributed by atoms with van der Waals surface area (Å²) in [5.74, 6) is -0.200. The number of benzene rings is 2. The summed E-state index contributed by atoms with van der Waals surface area (Å²) in [7, 11) is 0. The topological polar surface area (TPSA) is 107 Å². The highest BCUT2D eigenvalue weighted by molar-refractivity contribution is 9.10. The number of hydrogen-bond acceptors (Lipinski definition) is 6. The van der Waals surface area contributed by atoms with Crippen LogP contribution in [0, 0.1) is 17.0 Å². The van der Waals surface area contributed by atoms with E-state index in [1.54, 1.807) is 48.7 Å². The molecule has 1 aliphatic heterocycles. The van der Waals surface area contributed by atoms with Gasteiger partial charge in [-0.25, -0.2) is 4.98 Å². The number of carbonyl (C=O) groups excluding carboxylic acids is 1. The maximum atomic E-state index is 13.5. The maximum absolute atomic E-state index is 13.5. The summed E-state index contributed by atoms with van der Waals surface area (Å²) in [5.41, 5.74) is 1.47. The first-order valence-corrected chi connectivity index (χ1v) is 10.4. The molecule has 0 radical (unpaired) electrons. The van der Waals surface area contributed by atoms with Gasteiger partial charge < -0.3 is 4.42 Å². The van der Waals surface area contributed by atoms with Crippen molar-refractivity contribution in [1.29, 1.82) is 0 Å². The first-order chi connectivity index (χ1) is 15.3. The molecular weight excluding hydrogens is 478 g/mol. The molecule has 8 nitrogen and oxygen atoms in total. The summed E-state index contributed by atoms with van der Waals surface area (Å²) >= 11 is 3.37. The van der Waals surface area contributed by atoms with Crippen molar-refractivity contribution in [1.82, 2.24) is 4.98 Å². The molecule has 5 rings (SSSR count). The average molecular weight is 492 g/mol. The molecule has 0 saturated heterocycles. The number of non-ortho nitro benzene ring substituents is 1. The largest absolute Gasteiger partial charge is 0.450 e. The number of nitrogens with zero attached hydrogens (tertiary/aromatic N) is 3. The van der Waals surface area contributed by atoms with E-state index in [-0.39, 0.29) is 22.4 Å². The normalized spacial score (nSPS) is 15.2. The van der Waals surface area contributed by atoms with E-state index in [1.165, 1.54) is 17.0 Å². The lowest BCUT2D eigenvalue weighted by Crippen LogP contribution is -2.30. The Kier molecular flexibility index (Phi) is 4.63. The second-order valence-electron chi connectivity index (χ2n) is 7.43. The molecule has 1 atom stereocenters. The Morgan fingerprint density at radius 1 is 1.09 bits per heavy atom. The molecule has 4 aromatic rings. The van der Waals surface area contributed by atoms with Crippen LogP contribution in [0.5, 0.6) is 0 Å². The molecule has 0 saturated carbocycles. The predicted octanol–water partition coefficient (Wildman–Crippen LogP) is 4.92. The van der Waals surface area contributed by atoms with Crippen LogP contribution < -0.4 is 10.3 Å². The second kappa shape index (κ2) is 7.38. The van der Waals surface area contributed by atoms with Gasteiger partial charge in [0.05, 0.1) is 21.9 Å². The van der Waals surface area contributed by atoms with Crippen LogP contribution in [0.4, 0.5) is 11.5 Å². The summed E-state index contributed by atoms with van der Waals surface area (Å²) in [6.07, 6.45) is 1.58. The van der Waals surface area contributed by atoms with Gasteiger partial charge in [0.15, 0.2) is 5.43 Å². The van der Waals surface area contributed by atoms with E-state index in [2.05, 4.69) is 20.9 Å². The van der Waals surface area contributed by atoms with Gasteiger partial charge in [-0.1, -0.05) is 15.9 Å². The van der Waals surface area contributed by atoms with E-state index in [4.69, 9.17) is 4.42 Å². The van der Waals surface area contributed by atoms with Crippen LogP contribution in [0.25, 0.3) is 11.0 Å². The number of rotatable bonds is 3. The second-order valence-corrected chi connectivity index (χ2v) is 8.35. The molecule has 2 aromatic heterocycles. The minimum atomic E-state index is -0.841. The lowest BCUT2D eigenvalue weighted by Gasteiger charge is -2.24. The van der Waals surface area contributed by atoms with Crippen LogP contribution in [0.2, 0.25) is 0 Å². The van der Waals surface area contributed by atoms with Gasteiger partial charge in [0.25, 0.3) is 11.6 Å². The monoisotopic (exact) mass is 491 g/mol. The standard InChI is InChI=1S/C23H14BrN3O5/c1-12-8-9-25-18(10-12)26-20(13-2-5-15(6-3-13)27(30)31)19-21(28)16-11-14(24)4-7-17(16)32-22(19)23(26)29/h2-11,20H,1H3/t20-/m1/s1. The molecule has 2 aromatic carbocycles. The molecule has 32 heavy (non-hydrogen) atoms. The predicted molar refractivity (Wildman–Crippen MR) is 121 cm³/mol. The third kappa shape index (κ3) is 3.09. The number of pyridine rings is 1. The Morgan fingerprint density at radius 3 is 2.53 bits per heavy atom. The zero-order valence-corrected chi connectivity index (χ0v) is 18.2. The Balaban J connectivity index is 1.80. The number of nitro groups is 1. The lowest BCUT2D eigenvalue weighted by molar-refractivity contribution is -0.384. The maximum Gasteiger partial charge on any atom is 0.296 e. The number of fused-ring (bicyclic) bond motifs is 2. The van der Waals surface area contributed by atoms with Crippen molar-refractivity contribution in [3.8, 4) is 0 Å². The number of halogens is 1. The van der Waals surface area contributed by atoms with Crippen molar-refractivity contribution >= 4 is 44.3 Å².